The molecule has 0 aliphatic heterocycles. The third-order valence-electron chi connectivity index (χ3n) is 2.96. The van der Waals surface area contributed by atoms with Crippen molar-refractivity contribution in [2.24, 2.45) is 0 Å². The van der Waals surface area contributed by atoms with E-state index in [4.69, 9.17) is 0 Å². The largest absolute Gasteiger partial charge is 0.507 e. The van der Waals surface area contributed by atoms with Gasteiger partial charge >= 0.3 is 0 Å². The first-order valence-corrected chi connectivity index (χ1v) is 5.67. The number of nitrogens with zero attached hydrogens (tertiary/aromatic N) is 2. The van der Waals surface area contributed by atoms with Crippen LogP contribution in [0, 0.1) is 0 Å². The summed E-state index contributed by atoms with van der Waals surface area (Å²) in [6, 6.07) is 15.0. The third kappa shape index (κ3) is 1.57. The highest BCUT2D eigenvalue weighted by Gasteiger charge is 2.09. The molecule has 0 amide bonds. The zero-order chi connectivity index (χ0) is 12.5. The smallest absolute Gasteiger partial charge is 0.124 e. The van der Waals surface area contributed by atoms with Crippen molar-refractivity contribution in [3.8, 4) is 5.75 Å². The summed E-state index contributed by atoms with van der Waals surface area (Å²) in [6.45, 7) is 4.04. The molecule has 0 radical (unpaired) electrons. The minimum Gasteiger partial charge on any atom is -0.507 e. The average molecular weight is 236 g/mol. The molecule has 0 aliphatic carbocycles. The number of imidazole rings is 1. The maximum absolute atomic E-state index is 9.86. The average Bonchev–Trinajstić information content (AvgIpc) is 2.82. The molecule has 18 heavy (non-hydrogen) atoms. The van der Waals surface area contributed by atoms with Crippen molar-refractivity contribution in [2.45, 2.75) is 0 Å². The molecule has 3 nitrogen and oxygen atoms in total. The molecule has 2 aromatic carbocycles. The SMILES string of the molecule is C=C(c1ccccc1O)n1cnc2ccccc21. The van der Waals surface area contributed by atoms with E-state index in [1.807, 2.05) is 41.0 Å². The highest BCUT2D eigenvalue weighted by Crippen LogP contribution is 2.27. The maximum atomic E-state index is 9.86. The molecule has 0 spiro atoms. The molecule has 3 heteroatoms. The van der Waals surface area contributed by atoms with Crippen LogP contribution >= 0.6 is 0 Å². The van der Waals surface area contributed by atoms with E-state index >= 15 is 0 Å². The van der Waals surface area contributed by atoms with Crippen molar-refractivity contribution in [3.05, 3.63) is 67.0 Å². The van der Waals surface area contributed by atoms with Gasteiger partial charge in [-0.3, -0.25) is 4.57 Å². The van der Waals surface area contributed by atoms with Crippen LogP contribution < -0.4 is 0 Å². The van der Waals surface area contributed by atoms with Gasteiger partial charge in [0.15, 0.2) is 0 Å². The van der Waals surface area contributed by atoms with Crippen LogP contribution in [0.15, 0.2) is 61.4 Å². The second-order valence-corrected chi connectivity index (χ2v) is 4.07. The predicted molar refractivity (Wildman–Crippen MR) is 72.3 cm³/mol. The molecular weight excluding hydrogens is 224 g/mol. The quantitative estimate of drug-likeness (QED) is 0.741. The fourth-order valence-electron chi connectivity index (χ4n) is 2.02. The van der Waals surface area contributed by atoms with Gasteiger partial charge in [0.2, 0.25) is 0 Å². The van der Waals surface area contributed by atoms with Gasteiger partial charge in [-0.1, -0.05) is 30.8 Å². The summed E-state index contributed by atoms with van der Waals surface area (Å²) >= 11 is 0. The van der Waals surface area contributed by atoms with E-state index in [-0.39, 0.29) is 5.75 Å². The number of aromatic hydroxyl groups is 1. The predicted octanol–water partition coefficient (Wildman–Crippen LogP) is 3.26. The van der Waals surface area contributed by atoms with E-state index in [1.165, 1.54) is 0 Å². The maximum Gasteiger partial charge on any atom is 0.124 e. The summed E-state index contributed by atoms with van der Waals surface area (Å²) < 4.78 is 1.88. The van der Waals surface area contributed by atoms with Crippen LogP contribution in [0.3, 0.4) is 0 Å². The topological polar surface area (TPSA) is 38.0 Å². The molecule has 0 unspecified atom stereocenters. The number of fused-ring (bicyclic) bond motifs is 1. The standard InChI is InChI=1S/C15H12N2O/c1-11(12-6-2-5-9-15(12)18)17-10-16-13-7-3-4-8-14(13)17/h2-10,18H,1H2. The summed E-state index contributed by atoms with van der Waals surface area (Å²) in [5.74, 6) is 0.222. The van der Waals surface area contributed by atoms with Gasteiger partial charge in [-0.25, -0.2) is 4.98 Å². The number of hydrogen-bond acceptors (Lipinski definition) is 2. The van der Waals surface area contributed by atoms with Crippen LogP contribution in [-0.2, 0) is 0 Å². The van der Waals surface area contributed by atoms with Gasteiger partial charge in [0.1, 0.15) is 12.1 Å². The van der Waals surface area contributed by atoms with Gasteiger partial charge < -0.3 is 5.11 Å². The summed E-state index contributed by atoms with van der Waals surface area (Å²) in [5, 5.41) is 9.86. The van der Waals surface area contributed by atoms with Crippen LogP contribution in [0.1, 0.15) is 5.56 Å². The number of para-hydroxylation sites is 3. The molecule has 0 aliphatic rings. The fourth-order valence-corrected chi connectivity index (χ4v) is 2.02. The monoisotopic (exact) mass is 236 g/mol. The molecule has 0 saturated carbocycles. The molecule has 3 rings (SSSR count). The lowest BCUT2D eigenvalue weighted by Gasteiger charge is -2.09. The molecule has 1 heterocycles. The number of phenolic OH excluding ortho intramolecular Hbond substituents is 1. The number of benzene rings is 2. The van der Waals surface area contributed by atoms with E-state index in [0.717, 1.165) is 11.0 Å². The van der Waals surface area contributed by atoms with Crippen molar-refractivity contribution >= 4 is 16.7 Å². The first-order chi connectivity index (χ1) is 8.77. The number of aromatic nitrogens is 2. The van der Waals surface area contributed by atoms with Crippen LogP contribution in [-0.4, -0.2) is 14.7 Å². The van der Waals surface area contributed by atoms with Gasteiger partial charge in [-0.05, 0) is 24.3 Å². The third-order valence-corrected chi connectivity index (χ3v) is 2.96. The van der Waals surface area contributed by atoms with Gasteiger partial charge in [0.25, 0.3) is 0 Å². The molecule has 88 valence electrons. The number of rotatable bonds is 2. The lowest BCUT2D eigenvalue weighted by molar-refractivity contribution is 0.473. The van der Waals surface area contributed by atoms with E-state index < -0.39 is 0 Å². The van der Waals surface area contributed by atoms with Crippen LogP contribution in [0.25, 0.3) is 16.7 Å². The van der Waals surface area contributed by atoms with Crippen molar-refractivity contribution in [3.63, 3.8) is 0 Å². The Bertz CT molecular complexity index is 728. The van der Waals surface area contributed by atoms with Gasteiger partial charge in [0, 0.05) is 5.56 Å². The second kappa shape index (κ2) is 4.04. The Kier molecular flexibility index (Phi) is 2.38. The molecule has 0 saturated heterocycles. The molecule has 0 fully saturated rings. The lowest BCUT2D eigenvalue weighted by Crippen LogP contribution is -1.96. The van der Waals surface area contributed by atoms with Gasteiger partial charge in [0.05, 0.1) is 16.7 Å². The Morgan fingerprint density at radius 3 is 2.61 bits per heavy atom. The van der Waals surface area contributed by atoms with Crippen molar-refractivity contribution in [1.29, 1.82) is 0 Å². The zero-order valence-corrected chi connectivity index (χ0v) is 9.74. The molecule has 1 aromatic heterocycles. The van der Waals surface area contributed by atoms with Crippen molar-refractivity contribution in [2.75, 3.05) is 0 Å². The lowest BCUT2D eigenvalue weighted by atomic mass is 10.1. The Morgan fingerprint density at radius 1 is 1.06 bits per heavy atom. The minimum absolute atomic E-state index is 0.222. The van der Waals surface area contributed by atoms with E-state index in [9.17, 15) is 5.11 Å². The minimum atomic E-state index is 0.222. The summed E-state index contributed by atoms with van der Waals surface area (Å²) in [4.78, 5) is 4.32. The van der Waals surface area contributed by atoms with Crippen LogP contribution in [0.5, 0.6) is 5.75 Å². The fraction of sp³-hybridized carbons (Fsp3) is 0. The van der Waals surface area contributed by atoms with Gasteiger partial charge in [-0.15, -0.1) is 0 Å². The Hall–Kier alpha value is -2.55. The van der Waals surface area contributed by atoms with Crippen molar-refractivity contribution < 1.29 is 5.11 Å². The van der Waals surface area contributed by atoms with E-state index in [2.05, 4.69) is 11.6 Å². The van der Waals surface area contributed by atoms with E-state index in [0.29, 0.717) is 11.3 Å². The zero-order valence-electron chi connectivity index (χ0n) is 9.74. The molecule has 1 N–H and O–H groups in total. The van der Waals surface area contributed by atoms with Crippen LogP contribution in [0.4, 0.5) is 0 Å². The number of hydrogen-bond donors (Lipinski definition) is 1. The van der Waals surface area contributed by atoms with Crippen molar-refractivity contribution in [1.82, 2.24) is 9.55 Å². The number of phenols is 1. The second-order valence-electron chi connectivity index (χ2n) is 4.07. The normalized spacial score (nSPS) is 10.7. The summed E-state index contributed by atoms with van der Waals surface area (Å²) in [5.41, 5.74) is 3.31. The first-order valence-electron chi connectivity index (χ1n) is 5.67. The molecule has 0 atom stereocenters. The summed E-state index contributed by atoms with van der Waals surface area (Å²) in [6.07, 6.45) is 1.72. The molecule has 0 bridgehead atoms. The highest BCUT2D eigenvalue weighted by atomic mass is 16.3. The Labute approximate surface area is 105 Å². The molecular formula is C15H12N2O. The Morgan fingerprint density at radius 2 is 1.78 bits per heavy atom. The Balaban J connectivity index is 2.16. The van der Waals surface area contributed by atoms with Crippen LogP contribution in [0.2, 0.25) is 0 Å². The highest BCUT2D eigenvalue weighted by molar-refractivity contribution is 5.82. The van der Waals surface area contributed by atoms with E-state index in [1.54, 1.807) is 18.5 Å². The summed E-state index contributed by atoms with van der Waals surface area (Å²) in [7, 11) is 0. The molecule has 3 aromatic rings. The van der Waals surface area contributed by atoms with Gasteiger partial charge in [-0.2, -0.15) is 0 Å². The first kappa shape index (κ1) is 10.6.